The van der Waals surface area contributed by atoms with Crippen molar-refractivity contribution in [3.63, 3.8) is 0 Å². The number of aryl methyl sites for hydroxylation is 1. The van der Waals surface area contributed by atoms with Crippen LogP contribution in [0.1, 0.15) is 43.7 Å². The molecule has 1 aromatic rings. The fourth-order valence-electron chi connectivity index (χ4n) is 2.90. The highest BCUT2D eigenvalue weighted by molar-refractivity contribution is 5.93. The van der Waals surface area contributed by atoms with Gasteiger partial charge in [0.05, 0.1) is 0 Å². The minimum absolute atomic E-state index is 0.256. The van der Waals surface area contributed by atoms with E-state index in [1.54, 1.807) is 0 Å². The Labute approximate surface area is 125 Å². The normalized spacial score (nSPS) is 18.1. The summed E-state index contributed by atoms with van der Waals surface area (Å²) in [5, 5.41) is 2.85. The zero-order valence-electron chi connectivity index (χ0n) is 12.8. The van der Waals surface area contributed by atoms with Crippen LogP contribution in [0.2, 0.25) is 0 Å². The number of anilines is 1. The van der Waals surface area contributed by atoms with Crippen molar-refractivity contribution in [3.8, 4) is 0 Å². The number of nitrogens with zero attached hydrogens (tertiary/aromatic N) is 1. The van der Waals surface area contributed by atoms with Gasteiger partial charge in [0.15, 0.2) is 0 Å². The maximum absolute atomic E-state index is 12.3. The van der Waals surface area contributed by atoms with Crippen LogP contribution >= 0.6 is 0 Å². The Balaban J connectivity index is 2.09. The molecule has 1 aliphatic heterocycles. The largest absolute Gasteiger partial charge is 0.368 e. The molecule has 1 unspecified atom stereocenters. The Morgan fingerprint density at radius 3 is 2.67 bits per heavy atom. The van der Waals surface area contributed by atoms with Gasteiger partial charge in [0.25, 0.3) is 0 Å². The predicted octanol–water partition coefficient (Wildman–Crippen LogP) is 2.60. The lowest BCUT2D eigenvalue weighted by atomic mass is 9.98. The molecule has 0 aromatic heterocycles. The van der Waals surface area contributed by atoms with Crippen LogP contribution in [0, 0.1) is 6.92 Å². The second kappa shape index (κ2) is 6.16. The van der Waals surface area contributed by atoms with Gasteiger partial charge >= 0.3 is 6.03 Å². The number of carbonyl (C=O) groups excluding carboxylic acids is 2. The Morgan fingerprint density at radius 2 is 2.10 bits per heavy atom. The second-order valence-electron chi connectivity index (χ2n) is 5.91. The van der Waals surface area contributed by atoms with Crippen molar-refractivity contribution in [1.82, 2.24) is 4.90 Å². The molecule has 5 heteroatoms. The highest BCUT2D eigenvalue weighted by atomic mass is 16.2. The maximum atomic E-state index is 12.3. The molecular formula is C16H23N3O2. The molecule has 0 aliphatic carbocycles. The molecule has 1 aromatic carbocycles. The van der Waals surface area contributed by atoms with Crippen LogP contribution in [-0.4, -0.2) is 29.4 Å². The molecule has 0 saturated carbocycles. The van der Waals surface area contributed by atoms with Crippen molar-refractivity contribution in [1.29, 1.82) is 0 Å². The highest BCUT2D eigenvalue weighted by Gasteiger charge is 2.32. The molecule has 1 aliphatic rings. The number of primary amides is 1. The number of rotatable bonds is 3. The van der Waals surface area contributed by atoms with Gasteiger partial charge < -0.3 is 16.0 Å². The Morgan fingerprint density at radius 1 is 1.38 bits per heavy atom. The molecule has 3 N–H and O–H groups in total. The third kappa shape index (κ3) is 3.35. The topological polar surface area (TPSA) is 75.4 Å². The number of hydrogen-bond donors (Lipinski definition) is 2. The standard InChI is InChI=1S/C16H23N3O2/c1-10(2)13-7-6-12(9-11(13)3)18-16(21)19-8-4-5-14(19)15(17)20/h6-7,9-10,14H,4-5,8H2,1-3H3,(H2,17,20)(H,18,21). The first kappa shape index (κ1) is 15.4. The summed E-state index contributed by atoms with van der Waals surface area (Å²) in [6.07, 6.45) is 1.46. The van der Waals surface area contributed by atoms with E-state index in [4.69, 9.17) is 5.73 Å². The summed E-state index contributed by atoms with van der Waals surface area (Å²) >= 11 is 0. The minimum Gasteiger partial charge on any atom is -0.368 e. The highest BCUT2D eigenvalue weighted by Crippen LogP contribution is 2.23. The van der Waals surface area contributed by atoms with Crippen LogP contribution in [0.15, 0.2) is 18.2 Å². The van der Waals surface area contributed by atoms with Crippen LogP contribution in [0.25, 0.3) is 0 Å². The average molecular weight is 289 g/mol. The summed E-state index contributed by atoms with van der Waals surface area (Å²) in [6, 6.07) is 5.15. The van der Waals surface area contributed by atoms with Crippen molar-refractivity contribution in [2.75, 3.05) is 11.9 Å². The van der Waals surface area contributed by atoms with Crippen LogP contribution in [0.4, 0.5) is 10.5 Å². The number of nitrogens with one attached hydrogen (secondary N) is 1. The van der Waals surface area contributed by atoms with Crippen molar-refractivity contribution in [2.24, 2.45) is 5.73 Å². The summed E-state index contributed by atoms with van der Waals surface area (Å²) in [5.41, 5.74) is 8.50. The van der Waals surface area contributed by atoms with Crippen molar-refractivity contribution < 1.29 is 9.59 Å². The Kier molecular flexibility index (Phi) is 4.50. The first-order chi connectivity index (χ1) is 9.90. The zero-order valence-corrected chi connectivity index (χ0v) is 12.8. The average Bonchev–Trinajstić information content (AvgIpc) is 2.87. The third-order valence-corrected chi connectivity index (χ3v) is 3.99. The number of amides is 3. The summed E-state index contributed by atoms with van der Waals surface area (Å²) in [6.45, 7) is 6.89. The fraction of sp³-hybridized carbons (Fsp3) is 0.500. The number of nitrogens with two attached hydrogens (primary N) is 1. The van der Waals surface area contributed by atoms with Gasteiger partial charge in [-0.05, 0) is 48.9 Å². The quantitative estimate of drug-likeness (QED) is 0.897. The van der Waals surface area contributed by atoms with E-state index in [0.29, 0.717) is 18.9 Å². The number of likely N-dealkylation sites (tertiary alicyclic amines) is 1. The van der Waals surface area contributed by atoms with Gasteiger partial charge in [0, 0.05) is 12.2 Å². The number of hydrogen-bond acceptors (Lipinski definition) is 2. The summed E-state index contributed by atoms with van der Waals surface area (Å²) in [5.74, 6) is 0.0153. The van der Waals surface area contributed by atoms with Gasteiger partial charge in [0.2, 0.25) is 5.91 Å². The van der Waals surface area contributed by atoms with Crippen LogP contribution in [-0.2, 0) is 4.79 Å². The predicted molar refractivity (Wildman–Crippen MR) is 83.2 cm³/mol. The molecule has 2 rings (SSSR count). The lowest BCUT2D eigenvalue weighted by Gasteiger charge is -2.23. The minimum atomic E-state index is -0.485. The van der Waals surface area contributed by atoms with Gasteiger partial charge in [-0.15, -0.1) is 0 Å². The summed E-state index contributed by atoms with van der Waals surface area (Å²) in [7, 11) is 0. The van der Waals surface area contributed by atoms with E-state index >= 15 is 0 Å². The molecule has 1 atom stereocenters. The van der Waals surface area contributed by atoms with Crippen LogP contribution in [0.3, 0.4) is 0 Å². The van der Waals surface area contributed by atoms with Gasteiger partial charge in [-0.25, -0.2) is 4.79 Å². The molecular weight excluding hydrogens is 266 g/mol. The SMILES string of the molecule is Cc1cc(NC(=O)N2CCCC2C(N)=O)ccc1C(C)C. The number of carbonyl (C=O) groups is 2. The molecule has 114 valence electrons. The fourth-order valence-corrected chi connectivity index (χ4v) is 2.90. The Hall–Kier alpha value is -2.04. The van der Waals surface area contributed by atoms with Gasteiger partial charge in [-0.2, -0.15) is 0 Å². The monoisotopic (exact) mass is 289 g/mol. The molecule has 1 saturated heterocycles. The lowest BCUT2D eigenvalue weighted by molar-refractivity contribution is -0.121. The summed E-state index contributed by atoms with van der Waals surface area (Å²) in [4.78, 5) is 25.1. The molecule has 3 amide bonds. The Bertz CT molecular complexity index is 554. The number of benzene rings is 1. The van der Waals surface area contributed by atoms with E-state index < -0.39 is 11.9 Å². The van der Waals surface area contributed by atoms with E-state index in [1.165, 1.54) is 10.5 Å². The molecule has 21 heavy (non-hydrogen) atoms. The van der Waals surface area contributed by atoms with Gasteiger partial charge in [-0.3, -0.25) is 4.79 Å². The van der Waals surface area contributed by atoms with Crippen LogP contribution < -0.4 is 11.1 Å². The molecule has 0 bridgehead atoms. The van der Waals surface area contributed by atoms with E-state index in [2.05, 4.69) is 19.2 Å². The van der Waals surface area contributed by atoms with E-state index in [9.17, 15) is 9.59 Å². The van der Waals surface area contributed by atoms with Crippen molar-refractivity contribution in [2.45, 2.75) is 45.6 Å². The third-order valence-electron chi connectivity index (χ3n) is 3.99. The first-order valence-corrected chi connectivity index (χ1v) is 7.37. The van der Waals surface area contributed by atoms with Crippen LogP contribution in [0.5, 0.6) is 0 Å². The van der Waals surface area contributed by atoms with Gasteiger partial charge in [0.1, 0.15) is 6.04 Å². The van der Waals surface area contributed by atoms with E-state index in [1.807, 2.05) is 25.1 Å². The smallest absolute Gasteiger partial charge is 0.322 e. The number of urea groups is 1. The molecule has 0 spiro atoms. The first-order valence-electron chi connectivity index (χ1n) is 7.37. The molecule has 1 fully saturated rings. The molecule has 1 heterocycles. The zero-order chi connectivity index (χ0) is 15.6. The maximum Gasteiger partial charge on any atom is 0.322 e. The van der Waals surface area contributed by atoms with Crippen molar-refractivity contribution >= 4 is 17.6 Å². The van der Waals surface area contributed by atoms with Gasteiger partial charge in [-0.1, -0.05) is 19.9 Å². The molecule has 5 nitrogen and oxygen atoms in total. The molecule has 0 radical (unpaired) electrons. The second-order valence-corrected chi connectivity index (χ2v) is 5.91. The van der Waals surface area contributed by atoms with E-state index in [-0.39, 0.29) is 6.03 Å². The lowest BCUT2D eigenvalue weighted by Crippen LogP contribution is -2.45. The van der Waals surface area contributed by atoms with Crippen molar-refractivity contribution in [3.05, 3.63) is 29.3 Å². The summed E-state index contributed by atoms with van der Waals surface area (Å²) < 4.78 is 0. The van der Waals surface area contributed by atoms with E-state index in [0.717, 1.165) is 17.7 Å².